The molecule has 0 unspecified atom stereocenters. The van der Waals surface area contributed by atoms with Crippen LogP contribution in [-0.2, 0) is 6.54 Å². The molecule has 24 heavy (non-hydrogen) atoms. The predicted octanol–water partition coefficient (Wildman–Crippen LogP) is 2.91. The number of aryl methyl sites for hydroxylation is 2. The first-order valence-corrected chi connectivity index (χ1v) is 8.85. The van der Waals surface area contributed by atoms with Crippen molar-refractivity contribution in [2.24, 2.45) is 5.92 Å². The minimum absolute atomic E-state index is 0.116. The summed E-state index contributed by atoms with van der Waals surface area (Å²) in [5.74, 6) is 1.88. The Balaban J connectivity index is 1.49. The third kappa shape index (κ3) is 3.68. The minimum Gasteiger partial charge on any atom is -0.339 e. The molecule has 1 aliphatic heterocycles. The molecule has 0 aromatic carbocycles. The first-order chi connectivity index (χ1) is 11.5. The van der Waals surface area contributed by atoms with Gasteiger partial charge in [-0.15, -0.1) is 0 Å². The van der Waals surface area contributed by atoms with Gasteiger partial charge >= 0.3 is 0 Å². The second-order valence-electron chi connectivity index (χ2n) is 6.99. The fourth-order valence-electron chi connectivity index (χ4n) is 3.30. The zero-order chi connectivity index (χ0) is 17.1. The Kier molecular flexibility index (Phi) is 5.02. The number of imidazole rings is 1. The van der Waals surface area contributed by atoms with E-state index < -0.39 is 0 Å². The molecule has 1 saturated heterocycles. The van der Waals surface area contributed by atoms with Crippen molar-refractivity contribution in [2.75, 3.05) is 13.1 Å². The molecule has 3 rings (SSSR count). The van der Waals surface area contributed by atoms with E-state index >= 15 is 0 Å². The van der Waals surface area contributed by atoms with E-state index in [2.05, 4.69) is 28.5 Å². The van der Waals surface area contributed by atoms with E-state index in [1.807, 2.05) is 35.1 Å². The van der Waals surface area contributed by atoms with Crippen molar-refractivity contribution in [1.29, 1.82) is 0 Å². The van der Waals surface area contributed by atoms with E-state index in [-0.39, 0.29) is 11.9 Å². The lowest BCUT2D eigenvalue weighted by Crippen LogP contribution is -2.38. The average molecular weight is 329 g/mol. The molecule has 2 aromatic heterocycles. The van der Waals surface area contributed by atoms with E-state index in [1.165, 1.54) is 0 Å². The largest absolute Gasteiger partial charge is 0.339 e. The zero-order valence-corrected chi connectivity index (χ0v) is 14.9. The maximum Gasteiger partial charge on any atom is 0.257 e. The van der Waals surface area contributed by atoms with Gasteiger partial charge in [0.2, 0.25) is 0 Å². The van der Waals surface area contributed by atoms with Crippen molar-refractivity contribution in [3.05, 3.63) is 36.2 Å². The lowest BCUT2D eigenvalue weighted by atomic mass is 9.93. The van der Waals surface area contributed by atoms with Crippen molar-refractivity contribution >= 4 is 5.91 Å². The number of nitrogens with zero attached hydrogens (tertiary/aromatic N) is 5. The first-order valence-electron chi connectivity index (χ1n) is 8.85. The lowest BCUT2D eigenvalue weighted by molar-refractivity contribution is 0.0684. The van der Waals surface area contributed by atoms with Gasteiger partial charge in [0, 0.05) is 44.3 Å². The van der Waals surface area contributed by atoms with Crippen LogP contribution in [0.1, 0.15) is 55.3 Å². The standard InChI is InChI=1S/C18H27N5O/c1-14(2)23-13-17(12-20-23)18(24)22-9-5-16(6-10-22)4-8-21-11-7-19-15(21)3/h7,11-14,16H,4-6,8-10H2,1-3H3. The van der Waals surface area contributed by atoms with Gasteiger partial charge < -0.3 is 9.47 Å². The van der Waals surface area contributed by atoms with Crippen molar-refractivity contribution in [3.63, 3.8) is 0 Å². The number of amides is 1. The van der Waals surface area contributed by atoms with Crippen LogP contribution in [0.2, 0.25) is 0 Å². The topological polar surface area (TPSA) is 56.0 Å². The Morgan fingerprint density at radius 3 is 2.67 bits per heavy atom. The van der Waals surface area contributed by atoms with Gasteiger partial charge in [-0.1, -0.05) is 0 Å². The summed E-state index contributed by atoms with van der Waals surface area (Å²) in [6.07, 6.45) is 10.8. The van der Waals surface area contributed by atoms with Gasteiger partial charge in [-0.25, -0.2) is 4.98 Å². The Bertz CT molecular complexity index is 679. The Morgan fingerprint density at radius 2 is 2.08 bits per heavy atom. The molecule has 130 valence electrons. The molecule has 3 heterocycles. The van der Waals surface area contributed by atoms with Crippen LogP contribution in [0.3, 0.4) is 0 Å². The van der Waals surface area contributed by atoms with Crippen molar-refractivity contribution in [2.45, 2.75) is 52.6 Å². The Labute approximate surface area is 143 Å². The second kappa shape index (κ2) is 7.20. The number of hydrogen-bond donors (Lipinski definition) is 0. The summed E-state index contributed by atoms with van der Waals surface area (Å²) < 4.78 is 4.05. The van der Waals surface area contributed by atoms with Gasteiger partial charge in [0.1, 0.15) is 5.82 Å². The quantitative estimate of drug-likeness (QED) is 0.847. The van der Waals surface area contributed by atoms with Crippen LogP contribution in [0.5, 0.6) is 0 Å². The third-order valence-electron chi connectivity index (χ3n) is 4.98. The number of likely N-dealkylation sites (tertiary alicyclic amines) is 1. The first kappa shape index (κ1) is 16.7. The molecule has 6 heteroatoms. The van der Waals surface area contributed by atoms with Crippen molar-refractivity contribution in [3.8, 4) is 0 Å². The van der Waals surface area contributed by atoms with E-state index in [4.69, 9.17) is 0 Å². The van der Waals surface area contributed by atoms with Crippen LogP contribution >= 0.6 is 0 Å². The lowest BCUT2D eigenvalue weighted by Gasteiger charge is -2.32. The van der Waals surface area contributed by atoms with Crippen LogP contribution < -0.4 is 0 Å². The summed E-state index contributed by atoms with van der Waals surface area (Å²) >= 11 is 0. The van der Waals surface area contributed by atoms with Crippen LogP contribution in [-0.4, -0.2) is 43.2 Å². The van der Waals surface area contributed by atoms with E-state index in [0.717, 1.165) is 44.7 Å². The SMILES string of the molecule is Cc1nccn1CCC1CCN(C(=O)c2cnn(C(C)C)c2)CC1. The highest BCUT2D eigenvalue weighted by atomic mass is 16.2. The molecule has 0 N–H and O–H groups in total. The number of carbonyl (C=O) groups is 1. The maximum absolute atomic E-state index is 12.6. The van der Waals surface area contributed by atoms with Gasteiger partial charge in [0.05, 0.1) is 11.8 Å². The van der Waals surface area contributed by atoms with Gasteiger partial charge in [-0.3, -0.25) is 9.48 Å². The zero-order valence-electron chi connectivity index (χ0n) is 14.9. The molecule has 0 bridgehead atoms. The molecule has 0 spiro atoms. The number of rotatable bonds is 5. The smallest absolute Gasteiger partial charge is 0.257 e. The van der Waals surface area contributed by atoms with Crippen LogP contribution in [0, 0.1) is 12.8 Å². The van der Waals surface area contributed by atoms with E-state index in [9.17, 15) is 4.79 Å². The minimum atomic E-state index is 0.116. The number of hydrogen-bond acceptors (Lipinski definition) is 3. The molecule has 0 saturated carbocycles. The molecular weight excluding hydrogens is 302 g/mol. The second-order valence-corrected chi connectivity index (χ2v) is 6.99. The number of aromatic nitrogens is 4. The van der Waals surface area contributed by atoms with Gasteiger partial charge in [-0.05, 0) is 46.0 Å². The van der Waals surface area contributed by atoms with Crippen LogP contribution in [0.4, 0.5) is 0 Å². The average Bonchev–Trinajstić information content (AvgIpc) is 3.22. The molecular formula is C18H27N5O. The number of carbonyl (C=O) groups excluding carboxylic acids is 1. The van der Waals surface area contributed by atoms with Gasteiger partial charge in [-0.2, -0.15) is 5.10 Å². The fraction of sp³-hybridized carbons (Fsp3) is 0.611. The summed E-state index contributed by atoms with van der Waals surface area (Å²) in [5, 5.41) is 4.27. The molecule has 0 aliphatic carbocycles. The van der Waals surface area contributed by atoms with Crippen molar-refractivity contribution < 1.29 is 4.79 Å². The maximum atomic E-state index is 12.6. The molecule has 2 aromatic rings. The summed E-state index contributed by atoms with van der Waals surface area (Å²) in [6, 6.07) is 0.281. The highest BCUT2D eigenvalue weighted by Crippen LogP contribution is 2.23. The predicted molar refractivity (Wildman–Crippen MR) is 92.8 cm³/mol. The summed E-state index contributed by atoms with van der Waals surface area (Å²) in [7, 11) is 0. The highest BCUT2D eigenvalue weighted by Gasteiger charge is 2.24. The normalized spacial score (nSPS) is 16.1. The molecule has 1 amide bonds. The number of piperidine rings is 1. The van der Waals surface area contributed by atoms with Crippen molar-refractivity contribution in [1.82, 2.24) is 24.2 Å². The van der Waals surface area contributed by atoms with E-state index in [0.29, 0.717) is 11.5 Å². The van der Waals surface area contributed by atoms with E-state index in [1.54, 1.807) is 6.20 Å². The third-order valence-corrected chi connectivity index (χ3v) is 4.98. The Hall–Kier alpha value is -2.11. The molecule has 0 radical (unpaired) electrons. The highest BCUT2D eigenvalue weighted by molar-refractivity contribution is 5.93. The van der Waals surface area contributed by atoms with Gasteiger partial charge in [0.15, 0.2) is 0 Å². The monoisotopic (exact) mass is 329 g/mol. The van der Waals surface area contributed by atoms with Gasteiger partial charge in [0.25, 0.3) is 5.91 Å². The van der Waals surface area contributed by atoms with Crippen LogP contribution in [0.15, 0.2) is 24.8 Å². The fourth-order valence-corrected chi connectivity index (χ4v) is 3.30. The molecule has 6 nitrogen and oxygen atoms in total. The summed E-state index contributed by atoms with van der Waals surface area (Å²) in [4.78, 5) is 18.8. The molecule has 1 aliphatic rings. The van der Waals surface area contributed by atoms with Crippen LogP contribution in [0.25, 0.3) is 0 Å². The molecule has 0 atom stereocenters. The summed E-state index contributed by atoms with van der Waals surface area (Å²) in [5.41, 5.74) is 0.705. The summed E-state index contributed by atoms with van der Waals surface area (Å²) in [6.45, 7) is 8.88. The molecule has 1 fully saturated rings. The Morgan fingerprint density at radius 1 is 1.33 bits per heavy atom.